The molecule has 0 saturated carbocycles. The van der Waals surface area contributed by atoms with Crippen LogP contribution in [0.1, 0.15) is 32.8 Å². The maximum Gasteiger partial charge on any atom is 0.410 e. The van der Waals surface area contributed by atoms with Crippen LogP contribution in [0.15, 0.2) is 36.5 Å². The highest BCUT2D eigenvalue weighted by Gasteiger charge is 2.30. The van der Waals surface area contributed by atoms with Gasteiger partial charge in [0.2, 0.25) is 0 Å². The van der Waals surface area contributed by atoms with Crippen LogP contribution in [0.5, 0.6) is 0 Å². The van der Waals surface area contributed by atoms with Gasteiger partial charge in [-0.3, -0.25) is 4.98 Å². The fourth-order valence-electron chi connectivity index (χ4n) is 3.04. The molecule has 0 bridgehead atoms. The van der Waals surface area contributed by atoms with E-state index in [0.717, 1.165) is 6.07 Å². The molecule has 1 atom stereocenters. The predicted molar refractivity (Wildman–Crippen MR) is 101 cm³/mol. The molecule has 28 heavy (non-hydrogen) atoms. The van der Waals surface area contributed by atoms with Gasteiger partial charge in [0.05, 0.1) is 24.9 Å². The third-order valence-electron chi connectivity index (χ3n) is 4.35. The molecule has 0 aliphatic carbocycles. The zero-order valence-electron chi connectivity index (χ0n) is 16.2. The normalized spacial score (nSPS) is 17.0. The van der Waals surface area contributed by atoms with Gasteiger partial charge in [-0.05, 0) is 45.4 Å². The second-order valence-corrected chi connectivity index (χ2v) is 7.78. The minimum atomic E-state index is -0.670. The fourth-order valence-corrected chi connectivity index (χ4v) is 3.04. The zero-order chi connectivity index (χ0) is 20.3. The van der Waals surface area contributed by atoms with Gasteiger partial charge in [0.25, 0.3) is 0 Å². The first-order valence-electron chi connectivity index (χ1n) is 9.22. The summed E-state index contributed by atoms with van der Waals surface area (Å²) in [5, 5.41) is 0. The summed E-state index contributed by atoms with van der Waals surface area (Å²) in [5.74, 6) is -1.31. The van der Waals surface area contributed by atoms with Gasteiger partial charge in [-0.15, -0.1) is 0 Å². The molecule has 0 radical (unpaired) electrons. The van der Waals surface area contributed by atoms with Gasteiger partial charge in [-0.2, -0.15) is 0 Å². The standard InChI is InChI=1S/C21H24F2N2O3/c1-21(2,3)28-20(26)25-10-8-16(12-25)27-13-14-5-4-9-24-19(14)17-7-6-15(22)11-18(17)23/h4-7,9,11,16H,8,10,12-13H2,1-3H3/t16-/m0/s1. The van der Waals surface area contributed by atoms with E-state index < -0.39 is 17.2 Å². The van der Waals surface area contributed by atoms with E-state index in [0.29, 0.717) is 30.8 Å². The lowest BCUT2D eigenvalue weighted by molar-refractivity contribution is 0.0184. The van der Waals surface area contributed by atoms with Gasteiger partial charge in [0.15, 0.2) is 0 Å². The number of hydrogen-bond donors (Lipinski definition) is 0. The molecule has 5 nitrogen and oxygen atoms in total. The summed E-state index contributed by atoms with van der Waals surface area (Å²) in [6.45, 7) is 6.70. The number of halogens is 2. The number of carbonyl (C=O) groups is 1. The van der Waals surface area contributed by atoms with Crippen molar-refractivity contribution >= 4 is 6.09 Å². The van der Waals surface area contributed by atoms with Crippen LogP contribution in [0, 0.1) is 11.6 Å². The van der Waals surface area contributed by atoms with Crippen molar-refractivity contribution in [3.8, 4) is 11.3 Å². The molecule has 1 saturated heterocycles. The Hall–Kier alpha value is -2.54. The lowest BCUT2D eigenvalue weighted by Crippen LogP contribution is -2.36. The summed E-state index contributed by atoms with van der Waals surface area (Å²) < 4.78 is 38.7. The maximum atomic E-state index is 14.2. The van der Waals surface area contributed by atoms with Crippen LogP contribution in [0.25, 0.3) is 11.3 Å². The van der Waals surface area contributed by atoms with E-state index in [1.165, 1.54) is 12.1 Å². The number of rotatable bonds is 4. The lowest BCUT2D eigenvalue weighted by atomic mass is 10.1. The minimum absolute atomic E-state index is 0.140. The highest BCUT2D eigenvalue weighted by Crippen LogP contribution is 2.26. The molecule has 0 N–H and O–H groups in total. The monoisotopic (exact) mass is 390 g/mol. The highest BCUT2D eigenvalue weighted by molar-refractivity contribution is 5.68. The SMILES string of the molecule is CC(C)(C)OC(=O)N1CC[C@H](OCc2cccnc2-c2ccc(F)cc2F)C1. The summed E-state index contributed by atoms with van der Waals surface area (Å²) in [6.07, 6.45) is 1.76. The number of hydrogen-bond acceptors (Lipinski definition) is 4. The first-order valence-corrected chi connectivity index (χ1v) is 9.22. The summed E-state index contributed by atoms with van der Waals surface area (Å²) in [5.41, 5.74) is 0.799. The molecule has 1 aliphatic rings. The van der Waals surface area contributed by atoms with Crippen LogP contribution in [0.3, 0.4) is 0 Å². The van der Waals surface area contributed by atoms with Gasteiger partial charge in [0, 0.05) is 29.9 Å². The van der Waals surface area contributed by atoms with Gasteiger partial charge in [-0.1, -0.05) is 6.07 Å². The Morgan fingerprint density at radius 2 is 2.07 bits per heavy atom. The maximum absolute atomic E-state index is 14.2. The Labute approximate surface area is 163 Å². The molecule has 1 aromatic carbocycles. The van der Waals surface area contributed by atoms with Crippen LogP contribution >= 0.6 is 0 Å². The number of pyridine rings is 1. The van der Waals surface area contributed by atoms with Crippen molar-refractivity contribution in [3.63, 3.8) is 0 Å². The second-order valence-electron chi connectivity index (χ2n) is 7.78. The van der Waals surface area contributed by atoms with Gasteiger partial charge in [0.1, 0.15) is 17.2 Å². The van der Waals surface area contributed by atoms with Crippen LogP contribution < -0.4 is 0 Å². The summed E-state index contributed by atoms with van der Waals surface area (Å²) >= 11 is 0. The van der Waals surface area contributed by atoms with E-state index in [1.54, 1.807) is 23.2 Å². The first kappa shape index (κ1) is 20.2. The summed E-state index contributed by atoms with van der Waals surface area (Å²) in [7, 11) is 0. The number of ether oxygens (including phenoxy) is 2. The second kappa shape index (κ2) is 8.22. The molecule has 1 amide bonds. The van der Waals surface area contributed by atoms with Crippen molar-refractivity contribution in [3.05, 3.63) is 53.7 Å². The molecule has 0 spiro atoms. The number of carbonyl (C=O) groups excluding carboxylic acids is 1. The van der Waals surface area contributed by atoms with E-state index in [-0.39, 0.29) is 24.4 Å². The number of nitrogens with zero attached hydrogens (tertiary/aromatic N) is 2. The predicted octanol–water partition coefficient (Wildman–Crippen LogP) is 4.55. The quantitative estimate of drug-likeness (QED) is 0.768. The van der Waals surface area contributed by atoms with Crippen molar-refractivity contribution in [1.29, 1.82) is 0 Å². The van der Waals surface area contributed by atoms with E-state index in [2.05, 4.69) is 4.98 Å². The topological polar surface area (TPSA) is 51.7 Å². The molecule has 3 rings (SSSR count). The smallest absolute Gasteiger partial charge is 0.410 e. The molecule has 7 heteroatoms. The molecule has 150 valence electrons. The van der Waals surface area contributed by atoms with Gasteiger partial charge < -0.3 is 14.4 Å². The third-order valence-corrected chi connectivity index (χ3v) is 4.35. The molecule has 1 fully saturated rings. The number of likely N-dealkylation sites (tertiary alicyclic amines) is 1. The van der Waals surface area contributed by atoms with Gasteiger partial charge in [-0.25, -0.2) is 13.6 Å². The lowest BCUT2D eigenvalue weighted by Gasteiger charge is -2.24. The van der Waals surface area contributed by atoms with E-state index in [4.69, 9.17) is 9.47 Å². The van der Waals surface area contributed by atoms with Crippen molar-refractivity contribution in [1.82, 2.24) is 9.88 Å². The van der Waals surface area contributed by atoms with Gasteiger partial charge >= 0.3 is 6.09 Å². The molecule has 1 aromatic heterocycles. The van der Waals surface area contributed by atoms with E-state index >= 15 is 0 Å². The van der Waals surface area contributed by atoms with E-state index in [1.807, 2.05) is 20.8 Å². The Kier molecular flexibility index (Phi) is 5.93. The Bertz CT molecular complexity index is 852. The summed E-state index contributed by atoms with van der Waals surface area (Å²) in [6, 6.07) is 6.95. The Morgan fingerprint density at radius 1 is 1.29 bits per heavy atom. The largest absolute Gasteiger partial charge is 0.444 e. The Morgan fingerprint density at radius 3 is 2.79 bits per heavy atom. The number of aromatic nitrogens is 1. The van der Waals surface area contributed by atoms with Crippen LogP contribution in [0.4, 0.5) is 13.6 Å². The summed E-state index contributed by atoms with van der Waals surface area (Å²) in [4.78, 5) is 18.0. The highest BCUT2D eigenvalue weighted by atomic mass is 19.1. The third kappa shape index (κ3) is 5.04. The molecular formula is C21H24F2N2O3. The van der Waals surface area contributed by atoms with E-state index in [9.17, 15) is 13.6 Å². The van der Waals surface area contributed by atoms with Crippen LogP contribution in [-0.2, 0) is 16.1 Å². The van der Waals surface area contributed by atoms with Crippen molar-refractivity contribution in [2.24, 2.45) is 0 Å². The fraction of sp³-hybridized carbons (Fsp3) is 0.429. The minimum Gasteiger partial charge on any atom is -0.444 e. The molecule has 1 aliphatic heterocycles. The zero-order valence-corrected chi connectivity index (χ0v) is 16.2. The van der Waals surface area contributed by atoms with Crippen molar-refractivity contribution in [2.45, 2.75) is 45.5 Å². The molecule has 0 unspecified atom stereocenters. The first-order chi connectivity index (χ1) is 13.2. The molecule has 2 aromatic rings. The molecular weight excluding hydrogens is 366 g/mol. The van der Waals surface area contributed by atoms with Crippen molar-refractivity contribution < 1.29 is 23.0 Å². The average Bonchev–Trinajstić information content (AvgIpc) is 3.08. The number of benzene rings is 1. The van der Waals surface area contributed by atoms with Crippen LogP contribution in [-0.4, -0.2) is 40.8 Å². The average molecular weight is 390 g/mol. The number of amides is 1. The van der Waals surface area contributed by atoms with Crippen molar-refractivity contribution in [2.75, 3.05) is 13.1 Å². The molecule has 2 heterocycles. The van der Waals surface area contributed by atoms with Crippen LogP contribution in [0.2, 0.25) is 0 Å². The Balaban J connectivity index is 1.64.